The molecule has 1 saturated carbocycles. The molecule has 1 aromatic heterocycles. The molecule has 2 heterocycles. The van der Waals surface area contributed by atoms with Crippen LogP contribution in [0, 0.1) is 5.82 Å². The van der Waals surface area contributed by atoms with Gasteiger partial charge in [-0.3, -0.25) is 14.7 Å². The van der Waals surface area contributed by atoms with Crippen molar-refractivity contribution in [2.24, 2.45) is 0 Å². The number of likely N-dealkylation sites (tertiary alicyclic amines) is 1. The molecule has 166 valence electrons. The summed E-state index contributed by atoms with van der Waals surface area (Å²) >= 11 is 0. The van der Waals surface area contributed by atoms with Gasteiger partial charge in [-0.25, -0.2) is 4.39 Å². The molecule has 31 heavy (non-hydrogen) atoms. The zero-order chi connectivity index (χ0) is 21.6. The van der Waals surface area contributed by atoms with E-state index in [2.05, 4.69) is 17.0 Å². The van der Waals surface area contributed by atoms with Crippen LogP contribution in [-0.4, -0.2) is 53.4 Å². The molecule has 1 saturated heterocycles. The van der Waals surface area contributed by atoms with Crippen molar-refractivity contribution in [2.75, 3.05) is 26.7 Å². The van der Waals surface area contributed by atoms with E-state index < -0.39 is 0 Å². The maximum absolute atomic E-state index is 13.1. The molecule has 1 amide bonds. The Hall–Kier alpha value is -2.27. The minimum Gasteiger partial charge on any atom is -0.342 e. The summed E-state index contributed by atoms with van der Waals surface area (Å²) in [6.45, 7) is 2.41. The molecule has 0 spiro atoms. The smallest absolute Gasteiger partial charge is 0.236 e. The monoisotopic (exact) mass is 423 g/mol. The number of likely N-dealkylation sites (N-methyl/N-ethyl adjacent to an activating group) is 1. The fourth-order valence-corrected chi connectivity index (χ4v) is 5.04. The first kappa shape index (κ1) is 21.9. The second-order valence-electron chi connectivity index (χ2n) is 9.27. The van der Waals surface area contributed by atoms with Crippen LogP contribution in [0.5, 0.6) is 0 Å². The molecule has 1 aliphatic heterocycles. The normalized spacial score (nSPS) is 20.5. The highest BCUT2D eigenvalue weighted by molar-refractivity contribution is 5.78. The molecule has 4 nitrogen and oxygen atoms in total. The number of aromatic nitrogens is 1. The summed E-state index contributed by atoms with van der Waals surface area (Å²) in [5.41, 5.74) is 3.33. The maximum atomic E-state index is 13.1. The van der Waals surface area contributed by atoms with E-state index in [0.717, 1.165) is 62.0 Å². The highest BCUT2D eigenvalue weighted by atomic mass is 19.1. The van der Waals surface area contributed by atoms with Crippen LogP contribution in [0.2, 0.25) is 0 Å². The summed E-state index contributed by atoms with van der Waals surface area (Å²) in [5, 5.41) is 0. The lowest BCUT2D eigenvalue weighted by atomic mass is 9.93. The van der Waals surface area contributed by atoms with E-state index in [4.69, 9.17) is 4.98 Å². The van der Waals surface area contributed by atoms with Gasteiger partial charge in [0.25, 0.3) is 0 Å². The first-order valence-corrected chi connectivity index (χ1v) is 11.8. The summed E-state index contributed by atoms with van der Waals surface area (Å²) in [6, 6.07) is 11.3. The largest absolute Gasteiger partial charge is 0.342 e. The SMILES string of the molecule is CN(C(=O)CN1CCC[C@H](c2ccc(Cc3ccc(F)cc3)cn2)C1)C1CCCCC1. The van der Waals surface area contributed by atoms with Gasteiger partial charge in [0.1, 0.15) is 5.82 Å². The Morgan fingerprint density at radius 3 is 2.48 bits per heavy atom. The number of pyridine rings is 1. The fraction of sp³-hybridized carbons (Fsp3) is 0.538. The topological polar surface area (TPSA) is 36.4 Å². The molecule has 1 aromatic carbocycles. The molecule has 5 heteroatoms. The summed E-state index contributed by atoms with van der Waals surface area (Å²) in [6.07, 6.45) is 11.0. The average Bonchev–Trinajstić information content (AvgIpc) is 2.81. The summed E-state index contributed by atoms with van der Waals surface area (Å²) in [7, 11) is 1.99. The van der Waals surface area contributed by atoms with Gasteiger partial charge in [-0.2, -0.15) is 0 Å². The third-order valence-electron chi connectivity index (χ3n) is 6.97. The summed E-state index contributed by atoms with van der Waals surface area (Å²) in [4.78, 5) is 21.9. The minimum atomic E-state index is -0.206. The first-order chi connectivity index (χ1) is 15.1. The van der Waals surface area contributed by atoms with Gasteiger partial charge in [0.05, 0.1) is 6.54 Å². The molecule has 0 bridgehead atoms. The van der Waals surface area contributed by atoms with Crippen LogP contribution in [0.25, 0.3) is 0 Å². The molecule has 0 unspecified atom stereocenters. The lowest BCUT2D eigenvalue weighted by Crippen LogP contribution is -2.46. The number of carbonyl (C=O) groups excluding carboxylic acids is 1. The van der Waals surface area contributed by atoms with Gasteiger partial charge in [0.2, 0.25) is 5.91 Å². The van der Waals surface area contributed by atoms with Gasteiger partial charge in [0.15, 0.2) is 0 Å². The number of amides is 1. The molecule has 0 radical (unpaired) electrons. The van der Waals surface area contributed by atoms with Crippen molar-refractivity contribution >= 4 is 5.91 Å². The first-order valence-electron chi connectivity index (χ1n) is 11.8. The fourth-order valence-electron chi connectivity index (χ4n) is 5.04. The van der Waals surface area contributed by atoms with Crippen LogP contribution in [-0.2, 0) is 11.2 Å². The number of hydrogen-bond donors (Lipinski definition) is 0. The maximum Gasteiger partial charge on any atom is 0.236 e. The van der Waals surface area contributed by atoms with Gasteiger partial charge in [-0.15, -0.1) is 0 Å². The van der Waals surface area contributed by atoms with E-state index in [0.29, 0.717) is 18.5 Å². The molecule has 0 N–H and O–H groups in total. The predicted molar refractivity (Wildman–Crippen MR) is 122 cm³/mol. The van der Waals surface area contributed by atoms with Crippen molar-refractivity contribution < 1.29 is 9.18 Å². The van der Waals surface area contributed by atoms with E-state index >= 15 is 0 Å². The number of halogens is 1. The summed E-state index contributed by atoms with van der Waals surface area (Å²) in [5.74, 6) is 0.430. The van der Waals surface area contributed by atoms with Crippen molar-refractivity contribution in [3.63, 3.8) is 0 Å². The minimum absolute atomic E-state index is 0.206. The van der Waals surface area contributed by atoms with Crippen LogP contribution in [0.4, 0.5) is 4.39 Å². The van der Waals surface area contributed by atoms with Crippen LogP contribution >= 0.6 is 0 Å². The molecular weight excluding hydrogens is 389 g/mol. The van der Waals surface area contributed by atoms with Gasteiger partial charge in [-0.05, 0) is 68.0 Å². The number of hydrogen-bond acceptors (Lipinski definition) is 3. The van der Waals surface area contributed by atoms with E-state index in [1.54, 1.807) is 0 Å². The van der Waals surface area contributed by atoms with Crippen molar-refractivity contribution in [1.82, 2.24) is 14.8 Å². The van der Waals surface area contributed by atoms with Crippen molar-refractivity contribution in [1.29, 1.82) is 0 Å². The Morgan fingerprint density at radius 2 is 1.77 bits per heavy atom. The second kappa shape index (κ2) is 10.4. The standard InChI is InChI=1S/C26H34FN3O/c1-29(24-7-3-2-4-8-24)26(31)19-30-15-5-6-22(18-30)25-14-11-21(17-28-25)16-20-9-12-23(27)13-10-20/h9-14,17,22,24H,2-8,15-16,18-19H2,1H3/t22-/m0/s1. The van der Waals surface area contributed by atoms with Gasteiger partial charge in [-0.1, -0.05) is 37.5 Å². The molecule has 4 rings (SSSR count). The van der Waals surface area contributed by atoms with Crippen LogP contribution in [0.3, 0.4) is 0 Å². The molecule has 2 aromatic rings. The summed E-state index contributed by atoms with van der Waals surface area (Å²) < 4.78 is 13.1. The number of piperidine rings is 1. The van der Waals surface area contributed by atoms with E-state index in [1.807, 2.05) is 30.3 Å². The van der Waals surface area contributed by atoms with Gasteiger partial charge in [0, 0.05) is 37.4 Å². The van der Waals surface area contributed by atoms with Crippen LogP contribution in [0.15, 0.2) is 42.6 Å². The molecular formula is C26H34FN3O. The molecule has 1 aliphatic carbocycles. The highest BCUT2D eigenvalue weighted by Gasteiger charge is 2.27. The zero-order valence-corrected chi connectivity index (χ0v) is 18.6. The second-order valence-corrected chi connectivity index (χ2v) is 9.27. The lowest BCUT2D eigenvalue weighted by Gasteiger charge is -2.36. The number of nitrogens with zero attached hydrogens (tertiary/aromatic N) is 3. The zero-order valence-electron chi connectivity index (χ0n) is 18.6. The highest BCUT2D eigenvalue weighted by Crippen LogP contribution is 2.27. The average molecular weight is 424 g/mol. The number of rotatable bonds is 6. The number of carbonyl (C=O) groups is 1. The van der Waals surface area contributed by atoms with E-state index in [9.17, 15) is 9.18 Å². The molecule has 1 atom stereocenters. The van der Waals surface area contributed by atoms with Gasteiger partial charge < -0.3 is 4.90 Å². The van der Waals surface area contributed by atoms with Gasteiger partial charge >= 0.3 is 0 Å². The Morgan fingerprint density at radius 1 is 1.03 bits per heavy atom. The Bertz CT molecular complexity index is 846. The predicted octanol–water partition coefficient (Wildman–Crippen LogP) is 4.78. The van der Waals surface area contributed by atoms with Crippen molar-refractivity contribution in [3.05, 3.63) is 65.2 Å². The Kier molecular flexibility index (Phi) is 7.33. The van der Waals surface area contributed by atoms with Crippen molar-refractivity contribution in [2.45, 2.75) is 63.3 Å². The third kappa shape index (κ3) is 5.91. The van der Waals surface area contributed by atoms with Crippen molar-refractivity contribution in [3.8, 4) is 0 Å². The Balaban J connectivity index is 1.31. The van der Waals surface area contributed by atoms with Crippen LogP contribution in [0.1, 0.15) is 67.7 Å². The molecule has 2 fully saturated rings. The van der Waals surface area contributed by atoms with E-state index in [1.165, 1.54) is 31.4 Å². The molecule has 2 aliphatic rings. The third-order valence-corrected chi connectivity index (χ3v) is 6.97. The quantitative estimate of drug-likeness (QED) is 0.671. The number of benzene rings is 1. The Labute approximate surface area is 185 Å². The van der Waals surface area contributed by atoms with Crippen LogP contribution < -0.4 is 0 Å². The lowest BCUT2D eigenvalue weighted by molar-refractivity contribution is -0.134. The van der Waals surface area contributed by atoms with E-state index in [-0.39, 0.29) is 11.7 Å².